The number of benzene rings is 2. The van der Waals surface area contributed by atoms with E-state index < -0.39 is 0 Å². The quantitative estimate of drug-likeness (QED) is 0.827. The van der Waals surface area contributed by atoms with Gasteiger partial charge in [0.1, 0.15) is 0 Å². The van der Waals surface area contributed by atoms with Crippen LogP contribution in [-0.2, 0) is 0 Å². The molecule has 0 saturated carbocycles. The van der Waals surface area contributed by atoms with E-state index in [0.717, 1.165) is 27.0 Å². The molecule has 0 spiro atoms. The molecule has 2 rings (SSSR count). The first kappa shape index (κ1) is 13.6. The Bertz CT molecular complexity index is 573. The summed E-state index contributed by atoms with van der Waals surface area (Å²) in [5.41, 5.74) is 3.71. The first-order valence-electron chi connectivity index (χ1n) is 5.96. The zero-order valence-electron chi connectivity index (χ0n) is 10.8. The molecule has 0 saturated heterocycles. The Hall–Kier alpha value is -1.81. The molecular weight excluding hydrogens is 304 g/mol. The Kier molecular flexibility index (Phi) is 4.22. The first-order valence-corrected chi connectivity index (χ1v) is 6.75. The minimum atomic E-state index is -0.236. The van der Waals surface area contributed by atoms with Gasteiger partial charge in [-0.25, -0.2) is 4.79 Å². The van der Waals surface area contributed by atoms with Gasteiger partial charge in [-0.15, -0.1) is 0 Å². The topological polar surface area (TPSA) is 41.1 Å². The van der Waals surface area contributed by atoms with Crippen molar-refractivity contribution in [1.29, 1.82) is 0 Å². The average molecular weight is 319 g/mol. The fraction of sp³-hybridized carbons (Fsp3) is 0.133. The summed E-state index contributed by atoms with van der Waals surface area (Å²) in [5, 5.41) is 5.68. The summed E-state index contributed by atoms with van der Waals surface area (Å²) < 4.78 is 0.980. The van der Waals surface area contributed by atoms with Gasteiger partial charge < -0.3 is 10.6 Å². The van der Waals surface area contributed by atoms with Gasteiger partial charge in [0, 0.05) is 15.8 Å². The van der Waals surface area contributed by atoms with Gasteiger partial charge in [-0.1, -0.05) is 34.1 Å². The fourth-order valence-electron chi connectivity index (χ4n) is 1.82. The molecule has 0 radical (unpaired) electrons. The number of carbonyl (C=O) groups is 1. The number of halogens is 1. The van der Waals surface area contributed by atoms with E-state index in [-0.39, 0.29) is 6.03 Å². The van der Waals surface area contributed by atoms with Gasteiger partial charge in [-0.2, -0.15) is 0 Å². The molecular formula is C15H15BrN2O. The van der Waals surface area contributed by atoms with Crippen LogP contribution in [0.2, 0.25) is 0 Å². The van der Waals surface area contributed by atoms with Crippen LogP contribution in [0.1, 0.15) is 11.1 Å². The van der Waals surface area contributed by atoms with Crippen LogP contribution in [0.4, 0.5) is 16.2 Å². The highest BCUT2D eigenvalue weighted by Crippen LogP contribution is 2.20. The van der Waals surface area contributed by atoms with Crippen LogP contribution < -0.4 is 10.6 Å². The normalized spacial score (nSPS) is 10.1. The maximum atomic E-state index is 11.9. The number of urea groups is 1. The molecule has 2 aromatic carbocycles. The van der Waals surface area contributed by atoms with Crippen LogP contribution >= 0.6 is 15.9 Å². The predicted octanol–water partition coefficient (Wildman–Crippen LogP) is 4.71. The second kappa shape index (κ2) is 5.89. The lowest BCUT2D eigenvalue weighted by atomic mass is 10.1. The predicted molar refractivity (Wildman–Crippen MR) is 82.7 cm³/mol. The number of para-hydroxylation sites is 1. The van der Waals surface area contributed by atoms with Gasteiger partial charge in [-0.3, -0.25) is 0 Å². The maximum Gasteiger partial charge on any atom is 0.323 e. The van der Waals surface area contributed by atoms with Gasteiger partial charge in [0.15, 0.2) is 0 Å². The lowest BCUT2D eigenvalue weighted by molar-refractivity contribution is 0.262. The molecule has 0 unspecified atom stereocenters. The number of aryl methyl sites for hydroxylation is 2. The monoisotopic (exact) mass is 318 g/mol. The molecule has 3 nitrogen and oxygen atoms in total. The molecule has 0 aromatic heterocycles. The smallest absolute Gasteiger partial charge is 0.308 e. The third-order valence-electron chi connectivity index (χ3n) is 2.82. The largest absolute Gasteiger partial charge is 0.323 e. The minimum Gasteiger partial charge on any atom is -0.308 e. The van der Waals surface area contributed by atoms with E-state index in [0.29, 0.717) is 0 Å². The standard InChI is InChI=1S/C15H15BrN2O/c1-10-4-3-5-11(2)14(10)18-15(19)17-13-8-6-12(16)7-9-13/h3-9H,1-2H3,(H2,17,18,19). The van der Waals surface area contributed by atoms with Crippen molar-refractivity contribution in [1.82, 2.24) is 0 Å². The molecule has 2 N–H and O–H groups in total. The SMILES string of the molecule is Cc1cccc(C)c1NC(=O)Nc1ccc(Br)cc1. The third kappa shape index (κ3) is 3.58. The average Bonchev–Trinajstić information content (AvgIpc) is 2.37. The summed E-state index contributed by atoms with van der Waals surface area (Å²) in [7, 11) is 0. The summed E-state index contributed by atoms with van der Waals surface area (Å²) >= 11 is 3.36. The number of hydrogen-bond donors (Lipinski definition) is 2. The van der Waals surface area contributed by atoms with Crippen LogP contribution in [0.15, 0.2) is 46.9 Å². The van der Waals surface area contributed by atoms with E-state index >= 15 is 0 Å². The van der Waals surface area contributed by atoms with Crippen molar-refractivity contribution in [3.8, 4) is 0 Å². The Balaban J connectivity index is 2.07. The maximum absolute atomic E-state index is 11.9. The lowest BCUT2D eigenvalue weighted by Gasteiger charge is -2.12. The van der Waals surface area contributed by atoms with Gasteiger partial charge in [-0.05, 0) is 49.2 Å². The van der Waals surface area contributed by atoms with E-state index in [4.69, 9.17) is 0 Å². The van der Waals surface area contributed by atoms with Crippen LogP contribution in [-0.4, -0.2) is 6.03 Å². The third-order valence-corrected chi connectivity index (χ3v) is 3.35. The molecule has 98 valence electrons. The first-order chi connectivity index (χ1) is 9.06. The van der Waals surface area contributed by atoms with E-state index in [2.05, 4.69) is 26.6 Å². The van der Waals surface area contributed by atoms with Crippen molar-refractivity contribution >= 4 is 33.3 Å². The van der Waals surface area contributed by atoms with Gasteiger partial charge in [0.25, 0.3) is 0 Å². The highest BCUT2D eigenvalue weighted by atomic mass is 79.9. The molecule has 4 heteroatoms. The van der Waals surface area contributed by atoms with Crippen LogP contribution in [0.25, 0.3) is 0 Å². The molecule has 0 bridgehead atoms. The molecule has 0 fully saturated rings. The highest BCUT2D eigenvalue weighted by molar-refractivity contribution is 9.10. The van der Waals surface area contributed by atoms with Crippen molar-refractivity contribution in [3.05, 3.63) is 58.1 Å². The Morgan fingerprint density at radius 2 is 1.53 bits per heavy atom. The summed E-state index contributed by atoms with van der Waals surface area (Å²) in [4.78, 5) is 11.9. The molecule has 2 amide bonds. The number of amides is 2. The summed E-state index contributed by atoms with van der Waals surface area (Å²) in [5.74, 6) is 0. The van der Waals surface area contributed by atoms with E-state index in [1.807, 2.05) is 56.3 Å². The molecule has 19 heavy (non-hydrogen) atoms. The number of rotatable bonds is 2. The van der Waals surface area contributed by atoms with Crippen LogP contribution in [0.5, 0.6) is 0 Å². The van der Waals surface area contributed by atoms with Crippen molar-refractivity contribution in [2.75, 3.05) is 10.6 Å². The van der Waals surface area contributed by atoms with E-state index in [1.165, 1.54) is 0 Å². The van der Waals surface area contributed by atoms with Gasteiger partial charge in [0.05, 0.1) is 0 Å². The minimum absolute atomic E-state index is 0.236. The fourth-order valence-corrected chi connectivity index (χ4v) is 2.09. The molecule has 0 aliphatic heterocycles. The van der Waals surface area contributed by atoms with Crippen molar-refractivity contribution in [3.63, 3.8) is 0 Å². The number of hydrogen-bond acceptors (Lipinski definition) is 1. The van der Waals surface area contributed by atoms with E-state index in [9.17, 15) is 4.79 Å². The Morgan fingerprint density at radius 1 is 0.947 bits per heavy atom. The number of carbonyl (C=O) groups excluding carboxylic acids is 1. The summed E-state index contributed by atoms with van der Waals surface area (Å²) in [6, 6.07) is 13.1. The molecule has 0 aliphatic carbocycles. The lowest BCUT2D eigenvalue weighted by Crippen LogP contribution is -2.20. The zero-order chi connectivity index (χ0) is 13.8. The number of anilines is 2. The second-order valence-electron chi connectivity index (χ2n) is 4.35. The van der Waals surface area contributed by atoms with Crippen LogP contribution in [0.3, 0.4) is 0 Å². The van der Waals surface area contributed by atoms with Gasteiger partial charge in [0.2, 0.25) is 0 Å². The number of nitrogens with one attached hydrogen (secondary N) is 2. The van der Waals surface area contributed by atoms with Gasteiger partial charge >= 0.3 is 6.03 Å². The highest BCUT2D eigenvalue weighted by Gasteiger charge is 2.07. The van der Waals surface area contributed by atoms with Crippen LogP contribution in [0, 0.1) is 13.8 Å². The zero-order valence-corrected chi connectivity index (χ0v) is 12.4. The van der Waals surface area contributed by atoms with Crippen molar-refractivity contribution < 1.29 is 4.79 Å². The Morgan fingerprint density at radius 3 is 2.11 bits per heavy atom. The Labute approximate surface area is 121 Å². The second-order valence-corrected chi connectivity index (χ2v) is 5.27. The molecule has 0 aliphatic rings. The van der Waals surface area contributed by atoms with Crippen molar-refractivity contribution in [2.24, 2.45) is 0 Å². The molecule has 0 atom stereocenters. The summed E-state index contributed by atoms with van der Waals surface area (Å²) in [6.07, 6.45) is 0. The van der Waals surface area contributed by atoms with Crippen molar-refractivity contribution in [2.45, 2.75) is 13.8 Å². The van der Waals surface area contributed by atoms with E-state index in [1.54, 1.807) is 0 Å². The molecule has 2 aromatic rings. The summed E-state index contributed by atoms with van der Waals surface area (Å²) in [6.45, 7) is 3.95. The molecule has 0 heterocycles.